The summed E-state index contributed by atoms with van der Waals surface area (Å²) >= 11 is 6.22. The second kappa shape index (κ2) is 6.52. The van der Waals surface area contributed by atoms with Gasteiger partial charge in [0.25, 0.3) is 0 Å². The van der Waals surface area contributed by atoms with Crippen LogP contribution in [0.25, 0.3) is 0 Å². The maximum absolute atomic E-state index is 6.22. The van der Waals surface area contributed by atoms with Crippen molar-refractivity contribution in [2.75, 3.05) is 19.7 Å². The van der Waals surface area contributed by atoms with Crippen molar-refractivity contribution in [3.05, 3.63) is 28.3 Å². The lowest BCUT2D eigenvalue weighted by Gasteiger charge is -2.37. The van der Waals surface area contributed by atoms with Crippen LogP contribution in [0.15, 0.2) is 12.1 Å². The van der Waals surface area contributed by atoms with Crippen molar-refractivity contribution in [1.29, 1.82) is 0 Å². The third-order valence-electron chi connectivity index (χ3n) is 4.09. The van der Waals surface area contributed by atoms with Gasteiger partial charge < -0.3 is 10.1 Å². The molecule has 0 aliphatic carbocycles. The van der Waals surface area contributed by atoms with Crippen LogP contribution in [0.2, 0.25) is 5.02 Å². The number of nitrogens with zero attached hydrogens (tertiary/aromatic N) is 1. The first-order valence-corrected chi connectivity index (χ1v) is 7.43. The molecule has 112 valence electrons. The van der Waals surface area contributed by atoms with Gasteiger partial charge in [0, 0.05) is 48.7 Å². The van der Waals surface area contributed by atoms with Crippen LogP contribution in [-0.2, 0) is 13.0 Å². The zero-order chi connectivity index (χ0) is 13.4. The first kappa shape index (κ1) is 15.9. The summed E-state index contributed by atoms with van der Waals surface area (Å²) in [5, 5.41) is 4.34. The van der Waals surface area contributed by atoms with Gasteiger partial charge in [-0.2, -0.15) is 0 Å². The molecule has 0 radical (unpaired) electrons. The van der Waals surface area contributed by atoms with Crippen LogP contribution >= 0.6 is 24.0 Å². The topological polar surface area (TPSA) is 24.5 Å². The molecule has 2 heterocycles. The number of ether oxygens (including phenoxy) is 1. The molecular formula is C15H22Cl2N2O. The maximum atomic E-state index is 6.22. The van der Waals surface area contributed by atoms with Gasteiger partial charge in [0.2, 0.25) is 0 Å². The minimum Gasteiger partial charge on any atom is -0.493 e. The number of piperazine rings is 1. The predicted octanol–water partition coefficient (Wildman–Crippen LogP) is 2.88. The fourth-order valence-electron chi connectivity index (χ4n) is 3.00. The van der Waals surface area contributed by atoms with Crippen molar-refractivity contribution in [2.45, 2.75) is 38.9 Å². The van der Waals surface area contributed by atoms with Crippen molar-refractivity contribution >= 4 is 24.0 Å². The molecule has 3 rings (SSSR count). The lowest BCUT2D eigenvalue weighted by atomic mass is 10.1. The molecule has 1 N–H and O–H groups in total. The number of rotatable bonds is 2. The first-order valence-electron chi connectivity index (χ1n) is 7.05. The summed E-state index contributed by atoms with van der Waals surface area (Å²) in [7, 11) is 0. The molecule has 2 unspecified atom stereocenters. The summed E-state index contributed by atoms with van der Waals surface area (Å²) in [4.78, 5) is 2.51. The Morgan fingerprint density at radius 3 is 3.00 bits per heavy atom. The molecule has 0 amide bonds. The van der Waals surface area contributed by atoms with E-state index in [2.05, 4.69) is 30.1 Å². The average molecular weight is 317 g/mol. The normalized spacial score (nSPS) is 25.8. The lowest BCUT2D eigenvalue weighted by molar-refractivity contribution is 0.137. The van der Waals surface area contributed by atoms with Crippen LogP contribution in [0.4, 0.5) is 0 Å². The van der Waals surface area contributed by atoms with Gasteiger partial charge in [-0.3, -0.25) is 4.90 Å². The van der Waals surface area contributed by atoms with E-state index in [1.807, 2.05) is 6.07 Å². The minimum atomic E-state index is 0. The van der Waals surface area contributed by atoms with Crippen LogP contribution in [0.5, 0.6) is 5.75 Å². The van der Waals surface area contributed by atoms with E-state index in [0.29, 0.717) is 12.1 Å². The largest absolute Gasteiger partial charge is 0.493 e. The van der Waals surface area contributed by atoms with Crippen molar-refractivity contribution in [1.82, 2.24) is 10.2 Å². The van der Waals surface area contributed by atoms with E-state index in [0.717, 1.165) is 43.4 Å². The van der Waals surface area contributed by atoms with Crippen LogP contribution < -0.4 is 10.1 Å². The monoisotopic (exact) mass is 316 g/mol. The molecule has 1 saturated heterocycles. The van der Waals surface area contributed by atoms with Crippen LogP contribution in [0.1, 0.15) is 25.0 Å². The molecule has 2 aliphatic heterocycles. The van der Waals surface area contributed by atoms with Gasteiger partial charge in [-0.1, -0.05) is 11.6 Å². The molecule has 2 aliphatic rings. The van der Waals surface area contributed by atoms with Crippen LogP contribution in [0.3, 0.4) is 0 Å². The predicted molar refractivity (Wildman–Crippen MR) is 85.2 cm³/mol. The number of nitrogens with one attached hydrogen (secondary N) is 1. The van der Waals surface area contributed by atoms with Gasteiger partial charge in [-0.15, -0.1) is 12.4 Å². The Morgan fingerprint density at radius 2 is 2.20 bits per heavy atom. The van der Waals surface area contributed by atoms with Crippen molar-refractivity contribution in [2.24, 2.45) is 0 Å². The number of fused-ring (bicyclic) bond motifs is 1. The molecule has 0 spiro atoms. The van der Waals surface area contributed by atoms with Gasteiger partial charge in [0.15, 0.2) is 0 Å². The highest BCUT2D eigenvalue weighted by Crippen LogP contribution is 2.34. The Balaban J connectivity index is 0.00000147. The molecule has 3 nitrogen and oxygen atoms in total. The van der Waals surface area contributed by atoms with Gasteiger partial charge in [-0.25, -0.2) is 0 Å². The Hall–Kier alpha value is -0.480. The summed E-state index contributed by atoms with van der Waals surface area (Å²) in [6.07, 6.45) is 0.983. The van der Waals surface area contributed by atoms with E-state index < -0.39 is 0 Å². The fraction of sp³-hybridized carbons (Fsp3) is 0.600. The molecule has 1 aromatic rings. The highest BCUT2D eigenvalue weighted by molar-refractivity contribution is 6.30. The lowest BCUT2D eigenvalue weighted by Crippen LogP contribution is -2.53. The first-order chi connectivity index (χ1) is 9.13. The summed E-state index contributed by atoms with van der Waals surface area (Å²) < 4.78 is 5.79. The second-order valence-electron chi connectivity index (χ2n) is 5.74. The molecule has 1 fully saturated rings. The molecular weight excluding hydrogens is 295 g/mol. The summed E-state index contributed by atoms with van der Waals surface area (Å²) in [5.74, 6) is 1.07. The Labute approximate surface area is 132 Å². The van der Waals surface area contributed by atoms with Crippen LogP contribution in [-0.4, -0.2) is 36.7 Å². The van der Waals surface area contributed by atoms with Crippen molar-refractivity contribution in [3.63, 3.8) is 0 Å². The average Bonchev–Trinajstić information content (AvgIpc) is 2.82. The molecule has 0 bridgehead atoms. The summed E-state index contributed by atoms with van der Waals surface area (Å²) in [6.45, 7) is 8.34. The highest BCUT2D eigenvalue weighted by atomic mass is 35.5. The molecule has 1 aromatic carbocycles. The van der Waals surface area contributed by atoms with E-state index in [1.165, 1.54) is 11.1 Å². The van der Waals surface area contributed by atoms with E-state index in [1.54, 1.807) is 0 Å². The van der Waals surface area contributed by atoms with E-state index in [-0.39, 0.29) is 12.4 Å². The summed E-state index contributed by atoms with van der Waals surface area (Å²) in [5.41, 5.74) is 2.50. The minimum absolute atomic E-state index is 0. The Morgan fingerprint density at radius 1 is 1.40 bits per heavy atom. The number of halogens is 2. The van der Waals surface area contributed by atoms with E-state index >= 15 is 0 Å². The molecule has 0 saturated carbocycles. The van der Waals surface area contributed by atoms with E-state index in [9.17, 15) is 0 Å². The zero-order valence-corrected chi connectivity index (χ0v) is 13.6. The number of hydrogen-bond donors (Lipinski definition) is 1. The van der Waals surface area contributed by atoms with Crippen molar-refractivity contribution < 1.29 is 4.74 Å². The highest BCUT2D eigenvalue weighted by Gasteiger charge is 2.25. The molecule has 20 heavy (non-hydrogen) atoms. The SMILES string of the molecule is CC1CN(Cc2cc(Cl)cc3c2OCC3)C(C)CN1.Cl. The fourth-order valence-corrected chi connectivity index (χ4v) is 3.26. The number of hydrogen-bond acceptors (Lipinski definition) is 3. The Kier molecular flexibility index (Phi) is 5.19. The smallest absolute Gasteiger partial charge is 0.127 e. The third-order valence-corrected chi connectivity index (χ3v) is 4.31. The standard InChI is InChI=1S/C15H21ClN2O.ClH/c1-10-8-18(11(2)7-17-10)9-13-6-14(16)5-12-3-4-19-15(12)13;/h5-6,10-11,17H,3-4,7-9H2,1-2H3;1H. The van der Waals surface area contributed by atoms with Gasteiger partial charge in [-0.05, 0) is 31.5 Å². The van der Waals surface area contributed by atoms with Crippen molar-refractivity contribution in [3.8, 4) is 5.75 Å². The second-order valence-corrected chi connectivity index (χ2v) is 6.18. The summed E-state index contributed by atoms with van der Waals surface area (Å²) in [6, 6.07) is 5.19. The van der Waals surface area contributed by atoms with Gasteiger partial charge in [0.1, 0.15) is 5.75 Å². The quantitative estimate of drug-likeness (QED) is 0.908. The van der Waals surface area contributed by atoms with Crippen LogP contribution in [0, 0.1) is 0 Å². The molecule has 2 atom stereocenters. The maximum Gasteiger partial charge on any atom is 0.127 e. The third kappa shape index (κ3) is 3.22. The van der Waals surface area contributed by atoms with E-state index in [4.69, 9.17) is 16.3 Å². The molecule has 0 aromatic heterocycles. The Bertz CT molecular complexity index is 481. The number of benzene rings is 1. The van der Waals surface area contributed by atoms with Gasteiger partial charge in [0.05, 0.1) is 6.61 Å². The zero-order valence-electron chi connectivity index (χ0n) is 12.0. The molecule has 5 heteroatoms. The van der Waals surface area contributed by atoms with Gasteiger partial charge >= 0.3 is 0 Å².